The third kappa shape index (κ3) is 4.55. The number of hydrogen-bond donors (Lipinski definition) is 3. The summed E-state index contributed by atoms with van der Waals surface area (Å²) in [5, 5.41) is 10.3. The summed E-state index contributed by atoms with van der Waals surface area (Å²) < 4.78 is 7.66. The Kier molecular flexibility index (Phi) is 5.85. The van der Waals surface area contributed by atoms with Crippen LogP contribution in [0.15, 0.2) is 16.9 Å². The van der Waals surface area contributed by atoms with Gasteiger partial charge in [-0.2, -0.15) is 5.10 Å². The number of nitrogens with one attached hydrogen (secondary N) is 2. The molecule has 9 nitrogen and oxygen atoms in total. The van der Waals surface area contributed by atoms with Crippen LogP contribution in [-0.4, -0.2) is 44.9 Å². The highest BCUT2D eigenvalue weighted by atomic mass is 79.9. The van der Waals surface area contributed by atoms with Gasteiger partial charge in [-0.05, 0) is 85.7 Å². The SMILES string of the molecule is CC(=O)NC(C)(C)C=Cn1ncc(C(=O)NC2C3CC4CC2CC(OC(N)=O)(C4)C3)c1Br. The van der Waals surface area contributed by atoms with Gasteiger partial charge in [0.15, 0.2) is 0 Å². The van der Waals surface area contributed by atoms with Crippen LogP contribution >= 0.6 is 15.9 Å². The van der Waals surface area contributed by atoms with Crippen molar-refractivity contribution in [2.24, 2.45) is 23.5 Å². The molecule has 4 bridgehead atoms. The van der Waals surface area contributed by atoms with E-state index in [9.17, 15) is 14.4 Å². The molecule has 1 heterocycles. The van der Waals surface area contributed by atoms with E-state index in [0.717, 1.165) is 32.1 Å². The van der Waals surface area contributed by atoms with Crippen molar-refractivity contribution in [3.8, 4) is 0 Å². The van der Waals surface area contributed by atoms with E-state index in [2.05, 4.69) is 31.7 Å². The fourth-order valence-corrected chi connectivity index (χ4v) is 6.60. The van der Waals surface area contributed by atoms with E-state index in [1.165, 1.54) is 13.1 Å². The second kappa shape index (κ2) is 8.20. The van der Waals surface area contributed by atoms with Crippen LogP contribution in [0.4, 0.5) is 4.79 Å². The van der Waals surface area contributed by atoms with Crippen molar-refractivity contribution < 1.29 is 19.1 Å². The van der Waals surface area contributed by atoms with Crippen LogP contribution in [0.25, 0.3) is 6.20 Å². The standard InChI is InChI=1S/C22H30BrN5O4/c1-12(29)27-21(2,3)4-5-28-18(23)16(11-25-28)19(30)26-17-14-6-13-7-15(17)10-22(8-13,9-14)32-20(24)31/h4-5,11,13-15,17H,6-10H2,1-3H3,(H2,24,31)(H,26,30)(H,27,29). The van der Waals surface area contributed by atoms with E-state index >= 15 is 0 Å². The van der Waals surface area contributed by atoms with Crippen LogP contribution in [0.3, 0.4) is 0 Å². The zero-order chi connectivity index (χ0) is 23.3. The average Bonchev–Trinajstić information content (AvgIpc) is 3.01. The predicted octanol–water partition coefficient (Wildman–Crippen LogP) is 2.80. The number of nitrogens with zero attached hydrogens (tertiary/aromatic N) is 2. The van der Waals surface area contributed by atoms with Gasteiger partial charge >= 0.3 is 6.09 Å². The van der Waals surface area contributed by atoms with Gasteiger partial charge in [-0.15, -0.1) is 0 Å². The van der Waals surface area contributed by atoms with Gasteiger partial charge in [0, 0.05) is 19.2 Å². The Balaban J connectivity index is 1.44. The number of amides is 3. The van der Waals surface area contributed by atoms with Gasteiger partial charge in [-0.3, -0.25) is 9.59 Å². The van der Waals surface area contributed by atoms with E-state index in [0.29, 0.717) is 16.1 Å². The fraction of sp³-hybridized carbons (Fsp3) is 0.636. The molecule has 4 aliphatic rings. The lowest BCUT2D eigenvalue weighted by atomic mass is 9.52. The zero-order valence-corrected chi connectivity index (χ0v) is 20.1. The quantitative estimate of drug-likeness (QED) is 0.545. The molecule has 4 saturated carbocycles. The monoisotopic (exact) mass is 507 g/mol. The van der Waals surface area contributed by atoms with E-state index in [4.69, 9.17) is 10.5 Å². The summed E-state index contributed by atoms with van der Waals surface area (Å²) >= 11 is 3.48. The third-order valence-corrected chi connectivity index (χ3v) is 7.73. The highest BCUT2D eigenvalue weighted by Gasteiger charge is 2.57. The van der Waals surface area contributed by atoms with Gasteiger partial charge in [0.25, 0.3) is 5.91 Å². The van der Waals surface area contributed by atoms with Gasteiger partial charge in [0.05, 0.1) is 17.3 Å². The smallest absolute Gasteiger partial charge is 0.405 e. The first kappa shape index (κ1) is 22.8. The first-order valence-corrected chi connectivity index (χ1v) is 11.8. The van der Waals surface area contributed by atoms with Crippen molar-refractivity contribution in [2.75, 3.05) is 0 Å². The van der Waals surface area contributed by atoms with Gasteiger partial charge in [-0.25, -0.2) is 9.48 Å². The van der Waals surface area contributed by atoms with E-state index < -0.39 is 17.2 Å². The van der Waals surface area contributed by atoms with Gasteiger partial charge in [0.2, 0.25) is 5.91 Å². The summed E-state index contributed by atoms with van der Waals surface area (Å²) in [6.45, 7) is 5.21. The predicted molar refractivity (Wildman–Crippen MR) is 121 cm³/mol. The summed E-state index contributed by atoms with van der Waals surface area (Å²) in [5.41, 5.74) is 4.77. The number of aromatic nitrogens is 2. The Morgan fingerprint density at radius 1 is 1.28 bits per heavy atom. The minimum atomic E-state index is -0.710. The molecule has 174 valence electrons. The topological polar surface area (TPSA) is 128 Å². The average molecular weight is 508 g/mol. The molecular formula is C22H30BrN5O4. The summed E-state index contributed by atoms with van der Waals surface area (Å²) in [5.74, 6) is 0.762. The summed E-state index contributed by atoms with van der Waals surface area (Å²) in [6, 6.07) is 0.0492. The van der Waals surface area contributed by atoms with Crippen molar-refractivity contribution in [1.29, 1.82) is 0 Å². The molecule has 1 aromatic heterocycles. The number of carbonyl (C=O) groups excluding carboxylic acids is 3. The molecule has 2 atom stereocenters. The molecule has 4 aliphatic carbocycles. The van der Waals surface area contributed by atoms with Crippen molar-refractivity contribution in [3.05, 3.63) is 22.4 Å². The minimum Gasteiger partial charge on any atom is -0.443 e. The molecular weight excluding hydrogens is 478 g/mol. The first-order valence-electron chi connectivity index (χ1n) is 11.0. The molecule has 4 fully saturated rings. The van der Waals surface area contributed by atoms with Crippen LogP contribution in [0, 0.1) is 17.8 Å². The highest BCUT2D eigenvalue weighted by molar-refractivity contribution is 9.10. The molecule has 10 heteroatoms. The van der Waals surface area contributed by atoms with Gasteiger partial charge < -0.3 is 21.1 Å². The lowest BCUT2D eigenvalue weighted by molar-refractivity contribution is -0.137. The Morgan fingerprint density at radius 3 is 2.53 bits per heavy atom. The Hall–Kier alpha value is -2.36. The van der Waals surface area contributed by atoms with Crippen LogP contribution in [0.1, 0.15) is 63.2 Å². The van der Waals surface area contributed by atoms with E-state index in [-0.39, 0.29) is 29.7 Å². The maximum Gasteiger partial charge on any atom is 0.405 e. The number of nitrogens with two attached hydrogens (primary N) is 1. The van der Waals surface area contributed by atoms with Gasteiger partial charge in [-0.1, -0.05) is 0 Å². The molecule has 0 aliphatic heterocycles. The normalized spacial score (nSPS) is 31.0. The molecule has 0 aromatic carbocycles. The summed E-state index contributed by atoms with van der Waals surface area (Å²) in [4.78, 5) is 35.9. The molecule has 1 aromatic rings. The highest BCUT2D eigenvalue weighted by Crippen LogP contribution is 2.57. The fourth-order valence-electron chi connectivity index (χ4n) is 6.11. The van der Waals surface area contributed by atoms with Crippen LogP contribution in [0.2, 0.25) is 0 Å². The number of hydrogen-bond acceptors (Lipinski definition) is 5. The zero-order valence-electron chi connectivity index (χ0n) is 18.6. The largest absolute Gasteiger partial charge is 0.443 e. The van der Waals surface area contributed by atoms with Crippen LogP contribution < -0.4 is 16.4 Å². The number of carbonyl (C=O) groups is 3. The van der Waals surface area contributed by atoms with E-state index in [1.807, 2.05) is 19.9 Å². The summed E-state index contributed by atoms with van der Waals surface area (Å²) in [6.07, 6.45) is 8.78. The molecule has 32 heavy (non-hydrogen) atoms. The second-order valence-corrected chi connectivity index (χ2v) is 10.8. The minimum absolute atomic E-state index is 0.0492. The maximum atomic E-state index is 13.1. The number of ether oxygens (including phenoxy) is 1. The number of primary amides is 1. The Morgan fingerprint density at radius 2 is 1.94 bits per heavy atom. The van der Waals surface area contributed by atoms with Crippen molar-refractivity contribution in [2.45, 2.75) is 70.1 Å². The molecule has 3 amide bonds. The Labute approximate surface area is 195 Å². The van der Waals surface area contributed by atoms with Crippen molar-refractivity contribution >= 4 is 40.0 Å². The first-order chi connectivity index (χ1) is 15.0. The molecule has 5 rings (SSSR count). The van der Waals surface area contributed by atoms with E-state index in [1.54, 1.807) is 10.9 Å². The third-order valence-electron chi connectivity index (χ3n) is 6.94. The lowest BCUT2D eigenvalue weighted by Gasteiger charge is -2.58. The molecule has 0 radical (unpaired) electrons. The summed E-state index contributed by atoms with van der Waals surface area (Å²) in [7, 11) is 0. The lowest BCUT2D eigenvalue weighted by Crippen LogP contribution is -2.63. The maximum absolute atomic E-state index is 13.1. The molecule has 0 saturated heterocycles. The van der Waals surface area contributed by atoms with Crippen LogP contribution in [0.5, 0.6) is 0 Å². The molecule has 2 unspecified atom stereocenters. The number of halogens is 1. The van der Waals surface area contributed by atoms with Crippen molar-refractivity contribution in [3.63, 3.8) is 0 Å². The molecule has 0 spiro atoms. The Bertz CT molecular complexity index is 956. The number of rotatable bonds is 6. The molecule has 4 N–H and O–H groups in total. The van der Waals surface area contributed by atoms with Crippen molar-refractivity contribution in [1.82, 2.24) is 20.4 Å². The second-order valence-electron chi connectivity index (χ2n) is 10.1. The van der Waals surface area contributed by atoms with Crippen LogP contribution in [-0.2, 0) is 9.53 Å². The van der Waals surface area contributed by atoms with Gasteiger partial charge in [0.1, 0.15) is 10.2 Å².